The Hall–Kier alpha value is -0.700. The quantitative estimate of drug-likeness (QED) is 0.263. The van der Waals surface area contributed by atoms with Crippen molar-refractivity contribution in [2.45, 2.75) is 18.9 Å². The van der Waals surface area contributed by atoms with Gasteiger partial charge >= 0.3 is 0 Å². The Kier molecular flexibility index (Phi) is 6.70. The number of halogens is 5. The minimum Gasteiger partial charge on any atom is -0.375 e. The first-order chi connectivity index (χ1) is 8.97. The van der Waals surface area contributed by atoms with Crippen LogP contribution in [0.25, 0.3) is 0 Å². The summed E-state index contributed by atoms with van der Waals surface area (Å²) in [5.74, 6) is 3.69. The third kappa shape index (κ3) is 4.72. The van der Waals surface area contributed by atoms with Gasteiger partial charge in [0, 0.05) is 12.2 Å². The lowest BCUT2D eigenvalue weighted by Crippen LogP contribution is -2.30. The van der Waals surface area contributed by atoms with Crippen molar-refractivity contribution in [3.63, 3.8) is 0 Å². The average molecular weight is 345 g/mol. The predicted molar refractivity (Wildman–Crippen MR) is 65.6 cm³/mol. The molecule has 0 aromatic heterocycles. The van der Waals surface area contributed by atoms with Crippen molar-refractivity contribution in [3.05, 3.63) is 33.8 Å². The first-order valence-electron chi connectivity index (χ1n) is 5.42. The number of rotatable bonds is 7. The number of ether oxygens (including phenoxy) is 1. The van der Waals surface area contributed by atoms with Gasteiger partial charge in [0.1, 0.15) is 18.2 Å². The van der Waals surface area contributed by atoms with Crippen LogP contribution in [0.5, 0.6) is 0 Å². The highest BCUT2D eigenvalue weighted by Crippen LogP contribution is 2.28. The van der Waals surface area contributed by atoms with E-state index in [1.54, 1.807) is 0 Å². The van der Waals surface area contributed by atoms with Crippen LogP contribution in [0.15, 0.2) is 16.6 Å². The number of nitrogens with two attached hydrogens (primary N) is 1. The van der Waals surface area contributed by atoms with Gasteiger partial charge in [-0.05, 0) is 34.5 Å². The number of hydrogen-bond donors (Lipinski definition) is 2. The number of benzene rings is 1. The van der Waals surface area contributed by atoms with Gasteiger partial charge in [0.05, 0.1) is 10.5 Å². The topological polar surface area (TPSA) is 47.3 Å². The van der Waals surface area contributed by atoms with Gasteiger partial charge < -0.3 is 4.74 Å². The molecule has 0 spiro atoms. The largest absolute Gasteiger partial charge is 0.375 e. The standard InChI is InChI=1S/C11H13BrF4N2O/c12-6-1-2-7(13)10(11(6)16)8(18-17)3-4-19-5-9(14)15/h1-2,8-9,18H,3-5,17H2. The lowest BCUT2D eigenvalue weighted by Gasteiger charge is -2.18. The van der Waals surface area contributed by atoms with Crippen molar-refractivity contribution in [2.24, 2.45) is 5.84 Å². The molecular formula is C11H13BrF4N2O. The van der Waals surface area contributed by atoms with Crippen LogP contribution in [0, 0.1) is 11.6 Å². The fourth-order valence-electron chi connectivity index (χ4n) is 1.55. The van der Waals surface area contributed by atoms with E-state index in [9.17, 15) is 17.6 Å². The van der Waals surface area contributed by atoms with Crippen LogP contribution >= 0.6 is 15.9 Å². The van der Waals surface area contributed by atoms with Crippen LogP contribution in [0.4, 0.5) is 17.6 Å². The zero-order chi connectivity index (χ0) is 14.4. The van der Waals surface area contributed by atoms with Gasteiger partial charge in [-0.1, -0.05) is 0 Å². The van der Waals surface area contributed by atoms with Gasteiger partial charge in [0.25, 0.3) is 6.43 Å². The molecule has 3 nitrogen and oxygen atoms in total. The van der Waals surface area contributed by atoms with E-state index in [1.165, 1.54) is 6.07 Å². The highest BCUT2D eigenvalue weighted by molar-refractivity contribution is 9.10. The van der Waals surface area contributed by atoms with E-state index in [0.29, 0.717) is 0 Å². The highest BCUT2D eigenvalue weighted by Gasteiger charge is 2.21. The summed E-state index contributed by atoms with van der Waals surface area (Å²) in [6.45, 7) is -0.814. The lowest BCUT2D eigenvalue weighted by atomic mass is 10.0. The van der Waals surface area contributed by atoms with E-state index in [4.69, 9.17) is 5.84 Å². The molecule has 0 fully saturated rings. The zero-order valence-electron chi connectivity index (χ0n) is 9.81. The van der Waals surface area contributed by atoms with Gasteiger partial charge in [-0.25, -0.2) is 17.6 Å². The van der Waals surface area contributed by atoms with Gasteiger partial charge in [0.15, 0.2) is 0 Å². The molecule has 3 N–H and O–H groups in total. The summed E-state index contributed by atoms with van der Waals surface area (Å²) in [5, 5.41) is 0. The number of hydrazine groups is 1. The van der Waals surface area contributed by atoms with Crippen LogP contribution in [0.2, 0.25) is 0 Å². The van der Waals surface area contributed by atoms with Crippen LogP contribution < -0.4 is 11.3 Å². The fraction of sp³-hybridized carbons (Fsp3) is 0.455. The molecule has 0 saturated heterocycles. The first-order valence-corrected chi connectivity index (χ1v) is 6.22. The molecule has 8 heteroatoms. The molecule has 0 radical (unpaired) electrons. The van der Waals surface area contributed by atoms with Crippen molar-refractivity contribution in [1.82, 2.24) is 5.43 Å². The summed E-state index contributed by atoms with van der Waals surface area (Å²) in [6.07, 6.45) is -2.52. The molecule has 1 unspecified atom stereocenters. The molecule has 0 bridgehead atoms. The third-order valence-electron chi connectivity index (χ3n) is 2.42. The molecule has 108 valence electrons. The van der Waals surface area contributed by atoms with Gasteiger partial charge in [-0.15, -0.1) is 0 Å². The SMILES string of the molecule is NNC(CCOCC(F)F)c1c(F)ccc(Br)c1F. The van der Waals surface area contributed by atoms with Gasteiger partial charge in [-0.3, -0.25) is 11.3 Å². The second-order valence-corrected chi connectivity index (χ2v) is 4.59. The lowest BCUT2D eigenvalue weighted by molar-refractivity contribution is 0.0142. The first kappa shape index (κ1) is 16.4. The van der Waals surface area contributed by atoms with Crippen molar-refractivity contribution in [3.8, 4) is 0 Å². The highest BCUT2D eigenvalue weighted by atomic mass is 79.9. The minimum atomic E-state index is -2.58. The summed E-state index contributed by atoms with van der Waals surface area (Å²) >= 11 is 2.94. The van der Waals surface area contributed by atoms with E-state index in [0.717, 1.165) is 6.07 Å². The van der Waals surface area contributed by atoms with E-state index in [-0.39, 0.29) is 23.1 Å². The Labute approximate surface area is 116 Å². The van der Waals surface area contributed by atoms with Crippen LogP contribution in [-0.2, 0) is 4.74 Å². The van der Waals surface area contributed by atoms with E-state index < -0.39 is 30.7 Å². The maximum absolute atomic E-state index is 13.8. The molecule has 1 aromatic rings. The van der Waals surface area contributed by atoms with Crippen LogP contribution in [0.3, 0.4) is 0 Å². The Morgan fingerprint density at radius 1 is 1.32 bits per heavy atom. The summed E-state index contributed by atoms with van der Waals surface area (Å²) in [5.41, 5.74) is 1.99. The molecule has 0 aliphatic heterocycles. The number of alkyl halides is 2. The second kappa shape index (κ2) is 7.78. The maximum atomic E-state index is 13.8. The fourth-order valence-corrected chi connectivity index (χ4v) is 1.89. The van der Waals surface area contributed by atoms with Crippen molar-refractivity contribution < 1.29 is 22.3 Å². The molecule has 1 rings (SSSR count). The minimum absolute atomic E-state index is 0.0630. The van der Waals surface area contributed by atoms with Gasteiger partial charge in [-0.2, -0.15) is 0 Å². The normalized spacial score (nSPS) is 13.0. The molecule has 1 aromatic carbocycles. The maximum Gasteiger partial charge on any atom is 0.261 e. The number of nitrogens with one attached hydrogen (secondary N) is 1. The Bertz CT molecular complexity index is 420. The smallest absolute Gasteiger partial charge is 0.261 e. The van der Waals surface area contributed by atoms with E-state index in [2.05, 4.69) is 26.1 Å². The monoisotopic (exact) mass is 344 g/mol. The summed E-state index contributed by atoms with van der Waals surface area (Å²) in [6, 6.07) is 1.46. The molecule has 0 amide bonds. The summed E-state index contributed by atoms with van der Waals surface area (Å²) in [7, 11) is 0. The summed E-state index contributed by atoms with van der Waals surface area (Å²) < 4.78 is 55.8. The van der Waals surface area contributed by atoms with Crippen LogP contribution in [-0.4, -0.2) is 19.6 Å². The molecule has 0 heterocycles. The molecule has 0 aliphatic carbocycles. The van der Waals surface area contributed by atoms with E-state index in [1.807, 2.05) is 0 Å². The zero-order valence-corrected chi connectivity index (χ0v) is 11.4. The molecular weight excluding hydrogens is 332 g/mol. The Morgan fingerprint density at radius 3 is 2.58 bits per heavy atom. The molecule has 0 aliphatic rings. The van der Waals surface area contributed by atoms with Crippen LogP contribution in [0.1, 0.15) is 18.0 Å². The number of hydrogen-bond acceptors (Lipinski definition) is 3. The molecule has 19 heavy (non-hydrogen) atoms. The van der Waals surface area contributed by atoms with E-state index >= 15 is 0 Å². The Morgan fingerprint density at radius 2 is 2.00 bits per heavy atom. The van der Waals surface area contributed by atoms with Gasteiger partial charge in [0.2, 0.25) is 0 Å². The predicted octanol–water partition coefficient (Wildman–Crippen LogP) is 2.90. The van der Waals surface area contributed by atoms with Crippen molar-refractivity contribution in [2.75, 3.05) is 13.2 Å². The van der Waals surface area contributed by atoms with Crippen molar-refractivity contribution >= 4 is 15.9 Å². The van der Waals surface area contributed by atoms with Crippen molar-refractivity contribution in [1.29, 1.82) is 0 Å². The third-order valence-corrected chi connectivity index (χ3v) is 3.04. The molecule has 0 saturated carbocycles. The second-order valence-electron chi connectivity index (χ2n) is 3.73. The Balaban J connectivity index is 2.72. The summed E-state index contributed by atoms with van der Waals surface area (Å²) in [4.78, 5) is 0. The molecule has 1 atom stereocenters. The average Bonchev–Trinajstić information content (AvgIpc) is 2.36.